The molecule has 1 aromatic carbocycles. The molecule has 0 radical (unpaired) electrons. The van der Waals surface area contributed by atoms with Gasteiger partial charge in [-0.15, -0.1) is 24.2 Å². The Kier molecular flexibility index (Phi) is 7.91. The number of terminal acetylenes is 1. The average Bonchev–Trinajstić information content (AvgIpc) is 3.44. The summed E-state index contributed by atoms with van der Waals surface area (Å²) in [5.74, 6) is 0.964. The van der Waals surface area contributed by atoms with E-state index in [-0.39, 0.29) is 5.41 Å². The van der Waals surface area contributed by atoms with Gasteiger partial charge in [0.2, 0.25) is 0 Å². The fourth-order valence-electron chi connectivity index (χ4n) is 4.12. The molecule has 5 heteroatoms. The lowest BCUT2D eigenvalue weighted by molar-refractivity contribution is 0.509. The van der Waals surface area contributed by atoms with Crippen LogP contribution in [0.25, 0.3) is 21.6 Å². The van der Waals surface area contributed by atoms with Crippen LogP contribution in [0.15, 0.2) is 96.6 Å². The highest BCUT2D eigenvalue weighted by molar-refractivity contribution is 7.13. The first-order valence-corrected chi connectivity index (χ1v) is 13.1. The Bertz CT molecular complexity index is 1440. The van der Waals surface area contributed by atoms with Crippen LogP contribution in [0.4, 0.5) is 11.5 Å². The highest BCUT2D eigenvalue weighted by atomic mass is 32.1. The van der Waals surface area contributed by atoms with Gasteiger partial charge in [-0.05, 0) is 41.1 Å². The molecule has 1 aliphatic rings. The van der Waals surface area contributed by atoms with E-state index in [2.05, 4.69) is 121 Å². The van der Waals surface area contributed by atoms with Crippen molar-refractivity contribution >= 4 is 22.8 Å². The van der Waals surface area contributed by atoms with Crippen LogP contribution in [0.5, 0.6) is 0 Å². The molecule has 0 saturated carbocycles. The van der Waals surface area contributed by atoms with Crippen LogP contribution in [-0.2, 0) is 12.8 Å². The van der Waals surface area contributed by atoms with Crippen LogP contribution in [0.3, 0.4) is 0 Å². The van der Waals surface area contributed by atoms with Crippen molar-refractivity contribution in [2.24, 2.45) is 5.41 Å². The lowest BCUT2D eigenvalue weighted by atomic mass is 9.93. The van der Waals surface area contributed by atoms with E-state index in [9.17, 15) is 0 Å². The number of aromatic nitrogens is 2. The number of fused-ring (bicyclic) bond motifs is 1. The van der Waals surface area contributed by atoms with Gasteiger partial charge in [0.05, 0.1) is 11.9 Å². The van der Waals surface area contributed by atoms with Gasteiger partial charge in [0.25, 0.3) is 0 Å². The first-order valence-electron chi connectivity index (χ1n) is 12.2. The maximum absolute atomic E-state index is 4.63. The fraction of sp³-hybridized carbons (Fsp3) is 0.188. The molecular weight excluding hydrogens is 472 g/mol. The van der Waals surface area contributed by atoms with E-state index >= 15 is 0 Å². The summed E-state index contributed by atoms with van der Waals surface area (Å²) in [6, 6.07) is 17.2. The Balaban J connectivity index is 0.00000156. The standard InChI is InChI=1S/C30H30N4S.C2H2/c1-20(30(2,3)4)33-25-17-23(18-31-19-25)22-8-5-7-21(15-22)16-24-10-11-27-26(28-9-6-14-35-28)12-13-32-29(27)34-24;1-2/h5-10,12-15,17-19,33H,1,11,16H2,2-4H3,(H,32,34);1-2H. The van der Waals surface area contributed by atoms with Crippen LogP contribution in [0.2, 0.25) is 0 Å². The molecule has 0 atom stereocenters. The quantitative estimate of drug-likeness (QED) is 0.260. The average molecular weight is 505 g/mol. The van der Waals surface area contributed by atoms with Crippen LogP contribution < -0.4 is 10.6 Å². The van der Waals surface area contributed by atoms with Gasteiger partial charge in [-0.2, -0.15) is 0 Å². The van der Waals surface area contributed by atoms with Crippen molar-refractivity contribution in [1.29, 1.82) is 0 Å². The summed E-state index contributed by atoms with van der Waals surface area (Å²) in [7, 11) is 0. The molecule has 4 aromatic rings. The molecular formula is C32H32N4S. The Morgan fingerprint density at radius 3 is 2.68 bits per heavy atom. The molecule has 0 amide bonds. The van der Waals surface area contributed by atoms with Gasteiger partial charge < -0.3 is 10.6 Å². The summed E-state index contributed by atoms with van der Waals surface area (Å²) in [6.07, 6.45) is 17.6. The number of nitrogens with zero attached hydrogens (tertiary/aromatic N) is 2. The van der Waals surface area contributed by atoms with Gasteiger partial charge in [0, 0.05) is 57.2 Å². The molecule has 4 heterocycles. The molecule has 0 saturated heterocycles. The first kappa shape index (κ1) is 25.9. The summed E-state index contributed by atoms with van der Waals surface area (Å²) in [6.45, 7) is 10.6. The zero-order valence-corrected chi connectivity index (χ0v) is 22.4. The maximum atomic E-state index is 4.63. The van der Waals surface area contributed by atoms with Crippen LogP contribution in [-0.4, -0.2) is 9.97 Å². The van der Waals surface area contributed by atoms with Gasteiger partial charge in [-0.25, -0.2) is 4.98 Å². The van der Waals surface area contributed by atoms with E-state index in [0.29, 0.717) is 0 Å². The van der Waals surface area contributed by atoms with Crippen LogP contribution in [0, 0.1) is 18.3 Å². The molecule has 186 valence electrons. The van der Waals surface area contributed by atoms with Crippen molar-refractivity contribution in [1.82, 2.24) is 9.97 Å². The Hall–Kier alpha value is -4.14. The van der Waals surface area contributed by atoms with Crippen molar-refractivity contribution in [3.8, 4) is 34.4 Å². The fourth-order valence-corrected chi connectivity index (χ4v) is 4.90. The SMILES string of the molecule is C#C.C=C(Nc1cncc(-c2cccc(CC3=CCc4c(-c5cccs5)ccnc4N3)c2)c1)C(C)(C)C. The smallest absolute Gasteiger partial charge is 0.134 e. The second kappa shape index (κ2) is 11.3. The number of allylic oxidation sites excluding steroid dienone is 3. The monoisotopic (exact) mass is 504 g/mol. The molecule has 3 aromatic heterocycles. The molecule has 2 N–H and O–H groups in total. The third-order valence-electron chi connectivity index (χ3n) is 6.27. The van der Waals surface area contributed by atoms with E-state index in [1.54, 1.807) is 11.3 Å². The number of anilines is 2. The zero-order valence-electron chi connectivity index (χ0n) is 21.6. The second-order valence-electron chi connectivity index (χ2n) is 9.91. The van der Waals surface area contributed by atoms with Crippen LogP contribution >= 0.6 is 11.3 Å². The van der Waals surface area contributed by atoms with Crippen LogP contribution in [0.1, 0.15) is 31.9 Å². The third-order valence-corrected chi connectivity index (χ3v) is 7.17. The van der Waals surface area contributed by atoms with Crippen molar-refractivity contribution in [3.63, 3.8) is 0 Å². The lowest BCUT2D eigenvalue weighted by Crippen LogP contribution is -2.15. The maximum Gasteiger partial charge on any atom is 0.134 e. The summed E-state index contributed by atoms with van der Waals surface area (Å²) in [4.78, 5) is 10.4. The number of rotatable bonds is 6. The first-order chi connectivity index (χ1) is 17.9. The Morgan fingerprint density at radius 1 is 1.08 bits per heavy atom. The topological polar surface area (TPSA) is 49.8 Å². The molecule has 5 rings (SSSR count). The minimum atomic E-state index is -0.0192. The van der Waals surface area contributed by atoms with Gasteiger partial charge in [0.1, 0.15) is 5.82 Å². The lowest BCUT2D eigenvalue weighted by Gasteiger charge is -2.23. The number of pyridine rings is 2. The molecule has 0 fully saturated rings. The zero-order chi connectivity index (χ0) is 26.4. The second-order valence-corrected chi connectivity index (χ2v) is 10.9. The van der Waals surface area contributed by atoms with E-state index in [4.69, 9.17) is 0 Å². The minimum absolute atomic E-state index is 0.0192. The van der Waals surface area contributed by atoms with Crippen molar-refractivity contribution in [2.45, 2.75) is 33.6 Å². The summed E-state index contributed by atoms with van der Waals surface area (Å²) < 4.78 is 0. The minimum Gasteiger partial charge on any atom is -0.358 e. The van der Waals surface area contributed by atoms with E-state index in [1.807, 2.05) is 18.6 Å². The van der Waals surface area contributed by atoms with Crippen molar-refractivity contribution in [2.75, 3.05) is 10.6 Å². The summed E-state index contributed by atoms with van der Waals surface area (Å²) >= 11 is 1.77. The molecule has 4 nitrogen and oxygen atoms in total. The number of nitrogens with one attached hydrogen (secondary N) is 2. The summed E-state index contributed by atoms with van der Waals surface area (Å²) in [5, 5.41) is 9.11. The number of benzene rings is 1. The summed E-state index contributed by atoms with van der Waals surface area (Å²) in [5.41, 5.74) is 9.09. The molecule has 0 aliphatic carbocycles. The van der Waals surface area contributed by atoms with Gasteiger partial charge in [-0.3, -0.25) is 4.98 Å². The highest BCUT2D eigenvalue weighted by Crippen LogP contribution is 2.35. The molecule has 0 bridgehead atoms. The predicted octanol–water partition coefficient (Wildman–Crippen LogP) is 8.19. The largest absolute Gasteiger partial charge is 0.358 e. The number of hydrogen-bond acceptors (Lipinski definition) is 5. The van der Waals surface area contributed by atoms with Crippen molar-refractivity contribution in [3.05, 3.63) is 108 Å². The van der Waals surface area contributed by atoms with Gasteiger partial charge in [-0.1, -0.05) is 63.8 Å². The van der Waals surface area contributed by atoms with Gasteiger partial charge in [0.15, 0.2) is 0 Å². The normalized spacial score (nSPS) is 12.3. The predicted molar refractivity (Wildman–Crippen MR) is 158 cm³/mol. The number of hydrogen-bond donors (Lipinski definition) is 2. The molecule has 1 aliphatic heterocycles. The Labute approximate surface area is 224 Å². The highest BCUT2D eigenvalue weighted by Gasteiger charge is 2.17. The molecule has 37 heavy (non-hydrogen) atoms. The van der Waals surface area contributed by atoms with E-state index in [0.717, 1.165) is 41.2 Å². The number of thiophene rings is 1. The van der Waals surface area contributed by atoms with E-state index in [1.165, 1.54) is 27.3 Å². The van der Waals surface area contributed by atoms with Crippen molar-refractivity contribution < 1.29 is 0 Å². The Morgan fingerprint density at radius 2 is 1.92 bits per heavy atom. The van der Waals surface area contributed by atoms with Gasteiger partial charge >= 0.3 is 0 Å². The third kappa shape index (κ3) is 6.17. The molecule has 0 unspecified atom stereocenters. The van der Waals surface area contributed by atoms with E-state index < -0.39 is 0 Å². The molecule has 0 spiro atoms.